The molecule has 0 saturated carbocycles. The molecule has 1 fully saturated rings. The van der Waals surface area contributed by atoms with Crippen molar-refractivity contribution >= 4 is 46.3 Å². The van der Waals surface area contributed by atoms with E-state index < -0.39 is 16.1 Å². The smallest absolute Gasteiger partial charge is 0.293 e. The van der Waals surface area contributed by atoms with Crippen LogP contribution < -0.4 is 18.9 Å². The fraction of sp³-hybridized carbons (Fsp3) is 0.125. The van der Waals surface area contributed by atoms with Gasteiger partial charge in [-0.15, -0.1) is 0 Å². The lowest BCUT2D eigenvalue weighted by atomic mass is 10.1. The van der Waals surface area contributed by atoms with Crippen molar-refractivity contribution in [3.63, 3.8) is 0 Å². The van der Waals surface area contributed by atoms with Crippen LogP contribution in [0.2, 0.25) is 5.02 Å². The number of rotatable bonds is 7. The number of thioether (sulfide) groups is 1. The van der Waals surface area contributed by atoms with Crippen LogP contribution in [-0.2, 0) is 11.3 Å². The Balaban J connectivity index is 1.33. The summed E-state index contributed by atoms with van der Waals surface area (Å²) >= 11 is 7.12. The van der Waals surface area contributed by atoms with Gasteiger partial charge in [-0.2, -0.15) is 0 Å². The second-order valence-corrected chi connectivity index (χ2v) is 9.09. The average Bonchev–Trinajstić information content (AvgIpc) is 3.44. The van der Waals surface area contributed by atoms with Gasteiger partial charge in [0.25, 0.3) is 16.8 Å². The molecular weight excluding hydrogens is 526 g/mol. The molecule has 13 heteroatoms. The van der Waals surface area contributed by atoms with Gasteiger partial charge in [0.2, 0.25) is 12.7 Å². The predicted octanol–water partition coefficient (Wildman–Crippen LogP) is 5.41. The zero-order valence-corrected chi connectivity index (χ0v) is 20.6. The summed E-state index contributed by atoms with van der Waals surface area (Å²) in [7, 11) is 1.44. The minimum Gasteiger partial charge on any atom is -0.493 e. The van der Waals surface area contributed by atoms with Crippen LogP contribution in [-0.4, -0.2) is 39.9 Å². The van der Waals surface area contributed by atoms with Gasteiger partial charge >= 0.3 is 0 Å². The fourth-order valence-electron chi connectivity index (χ4n) is 3.55. The molecule has 1 aromatic heterocycles. The summed E-state index contributed by atoms with van der Waals surface area (Å²) in [5, 5.41) is 10.7. The molecule has 3 aromatic rings. The van der Waals surface area contributed by atoms with Gasteiger partial charge in [-0.3, -0.25) is 24.6 Å². The highest BCUT2D eigenvalue weighted by molar-refractivity contribution is 8.18. The molecule has 11 nitrogen and oxygen atoms in total. The molecular formula is C24H16ClN3O8S. The predicted molar refractivity (Wildman–Crippen MR) is 133 cm³/mol. The quantitative estimate of drug-likeness (QED) is 0.217. The number of methoxy groups -OCH3 is 1. The lowest BCUT2D eigenvalue weighted by Gasteiger charge is -2.14. The topological polar surface area (TPSA) is 130 Å². The number of hydrogen-bond donors (Lipinski definition) is 0. The monoisotopic (exact) mass is 541 g/mol. The van der Waals surface area contributed by atoms with Crippen molar-refractivity contribution in [3.8, 4) is 28.9 Å². The molecule has 0 radical (unpaired) electrons. The van der Waals surface area contributed by atoms with Crippen molar-refractivity contribution in [2.75, 3.05) is 13.9 Å². The van der Waals surface area contributed by atoms with Crippen molar-refractivity contribution in [2.24, 2.45) is 0 Å². The maximum Gasteiger partial charge on any atom is 0.293 e. The minimum atomic E-state index is -0.558. The molecule has 2 aliphatic heterocycles. The number of halogens is 1. The van der Waals surface area contributed by atoms with Crippen molar-refractivity contribution in [1.82, 2.24) is 9.88 Å². The van der Waals surface area contributed by atoms with Gasteiger partial charge in [-0.05, 0) is 47.2 Å². The Labute approximate surface area is 218 Å². The van der Waals surface area contributed by atoms with Crippen LogP contribution in [0.15, 0.2) is 53.6 Å². The Bertz CT molecular complexity index is 1460. The first-order valence-electron chi connectivity index (χ1n) is 10.6. The molecule has 2 amide bonds. The van der Waals surface area contributed by atoms with Gasteiger partial charge in [0.1, 0.15) is 6.20 Å². The van der Waals surface area contributed by atoms with E-state index in [4.69, 9.17) is 30.5 Å². The van der Waals surface area contributed by atoms with Crippen molar-refractivity contribution in [3.05, 3.63) is 79.8 Å². The van der Waals surface area contributed by atoms with E-state index in [-0.39, 0.29) is 29.8 Å². The number of imide groups is 1. The van der Waals surface area contributed by atoms with Gasteiger partial charge in [-0.25, -0.2) is 4.98 Å². The largest absolute Gasteiger partial charge is 0.493 e. The summed E-state index contributed by atoms with van der Waals surface area (Å²) in [6, 6.07) is 10.8. The SMILES string of the molecule is COc1cc(/C=C2\SC(=O)N(Cc3cc4c(cc3Cl)OCO4)C2=O)ccc1Oc1ccc([N+](=O)[O-])cn1. The zero-order valence-electron chi connectivity index (χ0n) is 19.0. The number of fused-ring (bicyclic) bond motifs is 1. The number of benzene rings is 2. The van der Waals surface area contributed by atoms with E-state index in [0.717, 1.165) is 22.9 Å². The summed E-state index contributed by atoms with van der Waals surface area (Å²) in [4.78, 5) is 41.1. The van der Waals surface area contributed by atoms with Gasteiger partial charge in [-0.1, -0.05) is 17.7 Å². The lowest BCUT2D eigenvalue weighted by Crippen LogP contribution is -2.27. The third kappa shape index (κ3) is 5.01. The van der Waals surface area contributed by atoms with E-state index >= 15 is 0 Å². The summed E-state index contributed by atoms with van der Waals surface area (Å²) in [6.07, 6.45) is 2.66. The Morgan fingerprint density at radius 3 is 2.65 bits per heavy atom. The standard InChI is InChI=1S/C24H16ClN3O8S/c1-33-18-6-13(2-4-17(18)36-22-5-3-15(10-26-22)28(31)32)7-21-23(29)27(24(30)37-21)11-14-8-19-20(9-16(14)25)35-12-34-19/h2-10H,11-12H2,1H3/b21-7-. The maximum absolute atomic E-state index is 13.0. The summed E-state index contributed by atoms with van der Waals surface area (Å²) in [5.41, 5.74) is 0.981. The van der Waals surface area contributed by atoms with Crippen LogP contribution in [0.3, 0.4) is 0 Å². The van der Waals surface area contributed by atoms with Crippen LogP contribution in [0, 0.1) is 10.1 Å². The van der Waals surface area contributed by atoms with Gasteiger partial charge in [0, 0.05) is 23.2 Å². The van der Waals surface area contributed by atoms with E-state index in [0.29, 0.717) is 39.1 Å². The Kier molecular flexibility index (Phi) is 6.59. The molecule has 0 N–H and O–H groups in total. The van der Waals surface area contributed by atoms with Gasteiger partial charge in [0.15, 0.2) is 23.0 Å². The molecule has 0 bridgehead atoms. The molecule has 0 aliphatic carbocycles. The number of nitrogens with zero attached hydrogens (tertiary/aromatic N) is 3. The third-order valence-electron chi connectivity index (χ3n) is 5.38. The van der Waals surface area contributed by atoms with E-state index in [1.54, 1.807) is 36.4 Å². The number of ether oxygens (including phenoxy) is 4. The summed E-state index contributed by atoms with van der Waals surface area (Å²) < 4.78 is 21.7. The van der Waals surface area contributed by atoms with E-state index in [1.165, 1.54) is 19.2 Å². The number of aromatic nitrogens is 1. The summed E-state index contributed by atoms with van der Waals surface area (Å²) in [5.74, 6) is 1.33. The molecule has 0 unspecified atom stereocenters. The maximum atomic E-state index is 13.0. The van der Waals surface area contributed by atoms with Crippen LogP contribution in [0.4, 0.5) is 10.5 Å². The molecule has 37 heavy (non-hydrogen) atoms. The Morgan fingerprint density at radius 1 is 1.16 bits per heavy atom. The minimum absolute atomic E-state index is 0.0180. The van der Waals surface area contributed by atoms with E-state index in [1.807, 2.05) is 0 Å². The fourth-order valence-corrected chi connectivity index (χ4v) is 4.60. The first-order valence-corrected chi connectivity index (χ1v) is 11.8. The number of nitro groups is 1. The molecule has 0 atom stereocenters. The van der Waals surface area contributed by atoms with Gasteiger partial charge < -0.3 is 18.9 Å². The first-order chi connectivity index (χ1) is 17.8. The van der Waals surface area contributed by atoms with Crippen molar-refractivity contribution in [1.29, 1.82) is 0 Å². The highest BCUT2D eigenvalue weighted by atomic mass is 35.5. The number of hydrogen-bond acceptors (Lipinski definition) is 10. The molecule has 3 heterocycles. The third-order valence-corrected chi connectivity index (χ3v) is 6.63. The van der Waals surface area contributed by atoms with E-state index in [9.17, 15) is 19.7 Å². The number of carbonyl (C=O) groups is 2. The molecule has 0 spiro atoms. The Morgan fingerprint density at radius 2 is 1.95 bits per heavy atom. The average molecular weight is 542 g/mol. The number of amides is 2. The van der Waals surface area contributed by atoms with Crippen molar-refractivity contribution < 1.29 is 33.5 Å². The molecule has 1 saturated heterocycles. The second kappa shape index (κ2) is 9.99. The normalized spacial score (nSPS) is 15.4. The van der Waals surface area contributed by atoms with Crippen LogP contribution in [0.1, 0.15) is 11.1 Å². The number of pyridine rings is 1. The van der Waals surface area contributed by atoms with Crippen molar-refractivity contribution in [2.45, 2.75) is 6.54 Å². The highest BCUT2D eigenvalue weighted by Gasteiger charge is 2.35. The molecule has 2 aromatic carbocycles. The van der Waals surface area contributed by atoms with Crippen LogP contribution in [0.5, 0.6) is 28.9 Å². The molecule has 5 rings (SSSR count). The summed E-state index contributed by atoms with van der Waals surface area (Å²) in [6.45, 7) is 0.0624. The highest BCUT2D eigenvalue weighted by Crippen LogP contribution is 2.40. The Hall–Kier alpha value is -4.29. The molecule has 188 valence electrons. The first kappa shape index (κ1) is 24.4. The van der Waals surface area contributed by atoms with Gasteiger partial charge in [0.05, 0.1) is 23.5 Å². The number of carbonyl (C=O) groups excluding carboxylic acids is 2. The van der Waals surface area contributed by atoms with E-state index in [2.05, 4.69) is 4.98 Å². The van der Waals surface area contributed by atoms with Crippen LogP contribution >= 0.6 is 23.4 Å². The van der Waals surface area contributed by atoms with Crippen LogP contribution in [0.25, 0.3) is 6.08 Å². The lowest BCUT2D eigenvalue weighted by molar-refractivity contribution is -0.385. The molecule has 2 aliphatic rings. The zero-order chi connectivity index (χ0) is 26.1. The second-order valence-electron chi connectivity index (χ2n) is 7.69.